The first-order chi connectivity index (χ1) is 12.6. The van der Waals surface area contributed by atoms with Crippen LogP contribution in [0.2, 0.25) is 0 Å². The highest BCUT2D eigenvalue weighted by atomic mass is 19.1. The van der Waals surface area contributed by atoms with Crippen LogP contribution in [0.1, 0.15) is 44.3 Å². The van der Waals surface area contributed by atoms with Crippen molar-refractivity contribution in [2.45, 2.75) is 38.6 Å². The second-order valence-electron chi connectivity index (χ2n) is 7.03. The summed E-state index contributed by atoms with van der Waals surface area (Å²) in [5.41, 5.74) is 2.44. The van der Waals surface area contributed by atoms with Gasteiger partial charge in [-0.15, -0.1) is 5.10 Å². The minimum absolute atomic E-state index is 0.127. The fraction of sp³-hybridized carbons (Fsp3) is 0.333. The Labute approximate surface area is 147 Å². The summed E-state index contributed by atoms with van der Waals surface area (Å²) < 4.78 is 18.8. The van der Waals surface area contributed by atoms with Gasteiger partial charge in [0.25, 0.3) is 5.56 Å². The molecule has 7 nitrogen and oxygen atoms in total. The molecule has 0 bridgehead atoms. The molecule has 1 aromatic carbocycles. The van der Waals surface area contributed by atoms with Gasteiger partial charge in [0.2, 0.25) is 0 Å². The van der Waals surface area contributed by atoms with Crippen molar-refractivity contribution in [1.82, 2.24) is 28.9 Å². The highest BCUT2D eigenvalue weighted by molar-refractivity contribution is 5.81. The second-order valence-corrected chi connectivity index (χ2v) is 7.03. The summed E-state index contributed by atoms with van der Waals surface area (Å²) in [5.74, 6) is 0.511. The van der Waals surface area contributed by atoms with E-state index in [9.17, 15) is 9.18 Å². The Kier molecular flexibility index (Phi) is 3.07. The Balaban J connectivity index is 1.91. The van der Waals surface area contributed by atoms with Gasteiger partial charge in [0, 0.05) is 12.0 Å². The minimum Gasteiger partial charge on any atom is -0.302 e. The smallest absolute Gasteiger partial charge is 0.279 e. The molecule has 26 heavy (non-hydrogen) atoms. The third-order valence-electron chi connectivity index (χ3n) is 4.91. The van der Waals surface area contributed by atoms with Crippen LogP contribution < -0.4 is 5.56 Å². The molecule has 0 amide bonds. The van der Waals surface area contributed by atoms with Gasteiger partial charge in [0.1, 0.15) is 12.1 Å². The lowest BCUT2D eigenvalue weighted by molar-refractivity contribution is 0.593. The molecule has 8 heteroatoms. The van der Waals surface area contributed by atoms with Crippen molar-refractivity contribution >= 4 is 16.6 Å². The van der Waals surface area contributed by atoms with Gasteiger partial charge in [0.05, 0.1) is 22.9 Å². The summed E-state index contributed by atoms with van der Waals surface area (Å²) >= 11 is 0. The Morgan fingerprint density at radius 1 is 1.23 bits per heavy atom. The third kappa shape index (κ3) is 2.04. The predicted octanol–water partition coefficient (Wildman–Crippen LogP) is 2.83. The van der Waals surface area contributed by atoms with Gasteiger partial charge in [-0.25, -0.2) is 9.37 Å². The monoisotopic (exact) mass is 352 g/mol. The molecule has 1 aliphatic carbocycles. The van der Waals surface area contributed by atoms with Crippen molar-refractivity contribution in [3.63, 3.8) is 0 Å². The molecule has 0 spiro atoms. The first-order valence-corrected chi connectivity index (χ1v) is 8.68. The average Bonchev–Trinajstić information content (AvgIpc) is 3.16. The first-order valence-electron chi connectivity index (χ1n) is 8.68. The van der Waals surface area contributed by atoms with E-state index in [0.29, 0.717) is 22.8 Å². The van der Waals surface area contributed by atoms with E-state index in [-0.39, 0.29) is 17.4 Å². The number of imidazole rings is 1. The lowest BCUT2D eigenvalue weighted by Crippen LogP contribution is -2.25. The highest BCUT2D eigenvalue weighted by Gasteiger charge is 2.30. The quantitative estimate of drug-likeness (QED) is 0.568. The summed E-state index contributed by atoms with van der Waals surface area (Å²) in [4.78, 5) is 17.7. The lowest BCUT2D eigenvalue weighted by Gasteiger charge is -2.16. The maximum atomic E-state index is 13.8. The molecule has 0 N–H and O–H groups in total. The van der Waals surface area contributed by atoms with Gasteiger partial charge < -0.3 is 4.57 Å². The molecule has 0 aliphatic heterocycles. The fourth-order valence-corrected chi connectivity index (χ4v) is 3.57. The van der Waals surface area contributed by atoms with E-state index in [1.807, 2.05) is 13.8 Å². The Hall–Kier alpha value is -3.03. The Morgan fingerprint density at radius 2 is 2.04 bits per heavy atom. The van der Waals surface area contributed by atoms with Crippen molar-refractivity contribution in [2.75, 3.05) is 0 Å². The maximum absolute atomic E-state index is 13.8. The zero-order valence-corrected chi connectivity index (χ0v) is 14.4. The van der Waals surface area contributed by atoms with Crippen LogP contribution in [0.25, 0.3) is 22.4 Å². The molecule has 0 saturated heterocycles. The van der Waals surface area contributed by atoms with Gasteiger partial charge in [-0.1, -0.05) is 5.21 Å². The summed E-state index contributed by atoms with van der Waals surface area (Å²) in [6.07, 6.45) is 5.52. The second kappa shape index (κ2) is 5.23. The van der Waals surface area contributed by atoms with Crippen molar-refractivity contribution in [1.29, 1.82) is 0 Å². The number of hydrogen-bond acceptors (Lipinski definition) is 4. The molecule has 1 aliphatic rings. The van der Waals surface area contributed by atoms with E-state index in [0.717, 1.165) is 24.1 Å². The largest absolute Gasteiger partial charge is 0.302 e. The molecule has 0 radical (unpaired) electrons. The molecule has 5 rings (SSSR count). The lowest BCUT2D eigenvalue weighted by atomic mass is 10.2. The van der Waals surface area contributed by atoms with Gasteiger partial charge >= 0.3 is 0 Å². The minimum atomic E-state index is -0.377. The topological polar surface area (TPSA) is 70.0 Å². The molecule has 3 aromatic heterocycles. The molecule has 0 unspecified atom stereocenters. The number of hydrogen-bond donors (Lipinski definition) is 0. The van der Waals surface area contributed by atoms with Crippen LogP contribution in [0, 0.1) is 5.82 Å². The molecule has 1 fully saturated rings. The zero-order chi connectivity index (χ0) is 18.0. The van der Waals surface area contributed by atoms with Crippen LogP contribution in [0.3, 0.4) is 0 Å². The maximum Gasteiger partial charge on any atom is 0.279 e. The van der Waals surface area contributed by atoms with Crippen molar-refractivity contribution in [3.8, 4) is 5.82 Å². The van der Waals surface area contributed by atoms with Crippen molar-refractivity contribution < 1.29 is 4.39 Å². The Bertz CT molecular complexity index is 1210. The SMILES string of the molecule is CC(C)n1c(=O)c2c(-n3nncc3C3CC3)ncn2c2ccc(F)cc21. The van der Waals surface area contributed by atoms with Crippen LogP contribution >= 0.6 is 0 Å². The molecule has 3 heterocycles. The van der Waals surface area contributed by atoms with Gasteiger partial charge in [-0.3, -0.25) is 9.20 Å². The van der Waals surface area contributed by atoms with E-state index in [4.69, 9.17) is 0 Å². The van der Waals surface area contributed by atoms with E-state index >= 15 is 0 Å². The van der Waals surface area contributed by atoms with Crippen molar-refractivity contribution in [3.05, 3.63) is 52.6 Å². The molecule has 0 atom stereocenters. The number of aromatic nitrogens is 6. The molecule has 132 valence electrons. The van der Waals surface area contributed by atoms with E-state index in [1.54, 1.807) is 32.2 Å². The number of rotatable bonds is 3. The number of nitrogens with zero attached hydrogens (tertiary/aromatic N) is 6. The molecule has 4 aromatic rings. The summed E-state index contributed by atoms with van der Waals surface area (Å²) in [7, 11) is 0. The molecular formula is C18H17FN6O. The normalized spacial score (nSPS) is 14.8. The molecule has 1 saturated carbocycles. The van der Waals surface area contributed by atoms with Crippen LogP contribution in [-0.2, 0) is 0 Å². The van der Waals surface area contributed by atoms with Gasteiger partial charge in [-0.2, -0.15) is 4.68 Å². The fourth-order valence-electron chi connectivity index (χ4n) is 3.57. The first kappa shape index (κ1) is 15.2. The summed E-state index contributed by atoms with van der Waals surface area (Å²) in [5, 5.41) is 8.18. The van der Waals surface area contributed by atoms with Crippen LogP contribution in [0.5, 0.6) is 0 Å². The average molecular weight is 352 g/mol. The van der Waals surface area contributed by atoms with Crippen LogP contribution in [0.15, 0.2) is 35.5 Å². The number of halogens is 1. The zero-order valence-electron chi connectivity index (χ0n) is 14.4. The third-order valence-corrected chi connectivity index (χ3v) is 4.91. The summed E-state index contributed by atoms with van der Waals surface area (Å²) in [6.45, 7) is 3.81. The highest BCUT2D eigenvalue weighted by Crippen LogP contribution is 2.40. The van der Waals surface area contributed by atoms with E-state index in [1.165, 1.54) is 12.1 Å². The van der Waals surface area contributed by atoms with Crippen LogP contribution in [0.4, 0.5) is 4.39 Å². The van der Waals surface area contributed by atoms with Gasteiger partial charge in [-0.05, 0) is 44.9 Å². The number of benzene rings is 1. The van der Waals surface area contributed by atoms with Crippen molar-refractivity contribution in [2.24, 2.45) is 0 Å². The van der Waals surface area contributed by atoms with Crippen LogP contribution in [-0.4, -0.2) is 28.9 Å². The molecular weight excluding hydrogens is 335 g/mol. The Morgan fingerprint density at radius 3 is 2.77 bits per heavy atom. The summed E-state index contributed by atoms with van der Waals surface area (Å²) in [6, 6.07) is 4.32. The van der Waals surface area contributed by atoms with E-state index < -0.39 is 0 Å². The predicted molar refractivity (Wildman–Crippen MR) is 94.2 cm³/mol. The standard InChI is InChI=1S/C18H17FN6O/c1-10(2)24-14-7-12(19)5-6-13(14)23-9-20-17(16(23)18(24)26)25-15(8-21-22-25)11-3-4-11/h5-11H,3-4H2,1-2H3. The van der Waals surface area contributed by atoms with Gasteiger partial charge in [0.15, 0.2) is 11.3 Å². The number of fused-ring (bicyclic) bond motifs is 3. The van der Waals surface area contributed by atoms with E-state index in [2.05, 4.69) is 15.3 Å².